The molecule has 0 radical (unpaired) electrons. The van der Waals surface area contributed by atoms with Crippen molar-refractivity contribution in [2.75, 3.05) is 19.5 Å². The Kier molecular flexibility index (Phi) is 11.2. The van der Waals surface area contributed by atoms with Crippen LogP contribution in [-0.4, -0.2) is 73.3 Å². The average molecular weight is 869 g/mol. The molecule has 1 saturated heterocycles. The van der Waals surface area contributed by atoms with Crippen LogP contribution < -0.4 is 20.1 Å². The van der Waals surface area contributed by atoms with Gasteiger partial charge in [0.15, 0.2) is 21.2 Å². The number of benzene rings is 3. The van der Waals surface area contributed by atoms with Crippen molar-refractivity contribution in [3.8, 4) is 11.6 Å². The lowest BCUT2D eigenvalue weighted by atomic mass is 9.96. The van der Waals surface area contributed by atoms with Crippen LogP contribution in [0.5, 0.6) is 11.6 Å². The maximum atomic E-state index is 14.8. The third-order valence-electron chi connectivity index (χ3n) is 8.64. The van der Waals surface area contributed by atoms with E-state index in [4.69, 9.17) is 29.0 Å². The van der Waals surface area contributed by atoms with Gasteiger partial charge in [0.1, 0.15) is 47.8 Å². The third-order valence-corrected chi connectivity index (χ3v) is 10.9. The van der Waals surface area contributed by atoms with Crippen LogP contribution in [0.15, 0.2) is 60.7 Å². The van der Waals surface area contributed by atoms with Gasteiger partial charge in [0.2, 0.25) is 11.8 Å². The van der Waals surface area contributed by atoms with Crippen molar-refractivity contribution in [2.24, 2.45) is 5.92 Å². The molecule has 2 unspecified atom stereocenters. The highest BCUT2D eigenvalue weighted by Crippen LogP contribution is 2.49. The fraction of sp³-hybridized carbons (Fsp3) is 0.353. The van der Waals surface area contributed by atoms with Crippen molar-refractivity contribution < 1.29 is 51.6 Å². The van der Waals surface area contributed by atoms with Crippen LogP contribution in [0.2, 0.25) is 0 Å². The molecule has 19 heteroatoms. The van der Waals surface area contributed by atoms with Crippen LogP contribution >= 0.6 is 30.3 Å². The zero-order chi connectivity index (χ0) is 38.2. The predicted octanol–water partition coefficient (Wildman–Crippen LogP) is 5.02. The number of carbonyl (C=O) groups excluding carboxylic acids is 1. The second kappa shape index (κ2) is 15.4. The van der Waals surface area contributed by atoms with Gasteiger partial charge >= 0.3 is 13.7 Å². The first kappa shape index (κ1) is 38.7. The molecule has 5 aromatic rings. The molecule has 0 amide bonds. The topological polar surface area (TPSA) is 202 Å². The van der Waals surface area contributed by atoms with Gasteiger partial charge in [0.25, 0.3) is 0 Å². The molecule has 15 nitrogen and oxygen atoms in total. The summed E-state index contributed by atoms with van der Waals surface area (Å²) in [6.07, 6.45) is -4.25. The van der Waals surface area contributed by atoms with Gasteiger partial charge in [-0.15, -0.1) is 0 Å². The Balaban J connectivity index is 1.29. The van der Waals surface area contributed by atoms with Crippen molar-refractivity contribution in [2.45, 2.75) is 57.5 Å². The quantitative estimate of drug-likeness (QED) is 0.0532. The predicted molar refractivity (Wildman–Crippen MR) is 196 cm³/mol. The number of anilines is 1. The lowest BCUT2D eigenvalue weighted by Gasteiger charge is -2.28. The van der Waals surface area contributed by atoms with Crippen LogP contribution in [0.1, 0.15) is 32.6 Å². The molecule has 282 valence electrons. The summed E-state index contributed by atoms with van der Waals surface area (Å²) >= 11 is 1.90. The highest BCUT2D eigenvalue weighted by molar-refractivity contribution is 14.1. The normalized spacial score (nSPS) is 21.9. The second-order valence-corrected chi connectivity index (χ2v) is 15.4. The molecule has 0 saturated carbocycles. The number of fused-ring (bicyclic) bond motifs is 2. The highest BCUT2D eigenvalue weighted by Gasteiger charge is 2.55. The molecule has 2 aromatic heterocycles. The van der Waals surface area contributed by atoms with Crippen LogP contribution in [0.25, 0.3) is 21.9 Å². The summed E-state index contributed by atoms with van der Waals surface area (Å²) in [6.45, 7) is 3.48. The second-order valence-electron chi connectivity index (χ2n) is 12.8. The first-order chi connectivity index (χ1) is 25.1. The number of nitrogens with two attached hydrogens (primary N) is 1. The van der Waals surface area contributed by atoms with E-state index >= 15 is 0 Å². The number of hydrogen-bond acceptors (Lipinski definition) is 13. The van der Waals surface area contributed by atoms with Gasteiger partial charge in [0.05, 0.1) is 13.7 Å². The van der Waals surface area contributed by atoms with E-state index in [0.717, 1.165) is 17.5 Å². The maximum Gasteiger partial charge on any atom is 0.459 e. The summed E-state index contributed by atoms with van der Waals surface area (Å²) in [4.78, 5) is 26.1. The number of imidazole rings is 1. The summed E-state index contributed by atoms with van der Waals surface area (Å²) in [5.41, 5.74) is 4.23. The molecule has 0 aliphatic carbocycles. The molecule has 3 heterocycles. The van der Waals surface area contributed by atoms with Crippen LogP contribution in [0.4, 0.5) is 14.7 Å². The number of methoxy groups -OCH3 is 1. The number of carbonyl (C=O) groups is 1. The van der Waals surface area contributed by atoms with Gasteiger partial charge in [0, 0.05) is 39.6 Å². The van der Waals surface area contributed by atoms with Gasteiger partial charge in [-0.25, -0.2) is 18.3 Å². The molecular weight excluding hydrogens is 832 g/mol. The number of ether oxygens (including phenoxy) is 3. The van der Waals surface area contributed by atoms with E-state index in [2.05, 4.69) is 20.0 Å². The maximum absolute atomic E-state index is 14.8. The van der Waals surface area contributed by atoms with Gasteiger partial charge < -0.3 is 34.7 Å². The number of aliphatic hydroxyl groups excluding tert-OH is 1. The number of halogens is 3. The SMILES string of the molecule is COc1nc(N)nc2c1nc(I)n2[C@@H]1OC(COP(=O)(N[C@H](C(=O)OCc2ccc(F)cc2F)C(C)C)Oc2cccc3ccccc23)[C@@H](O)[C@@]1(C)O. The average Bonchev–Trinajstić information content (AvgIpc) is 3.55. The van der Waals surface area contributed by atoms with E-state index in [1.54, 1.807) is 38.1 Å². The fourth-order valence-electron chi connectivity index (χ4n) is 5.83. The smallest absolute Gasteiger partial charge is 0.459 e. The molecule has 53 heavy (non-hydrogen) atoms. The Hall–Kier alpha value is -4.04. The van der Waals surface area contributed by atoms with E-state index in [1.165, 1.54) is 18.6 Å². The highest BCUT2D eigenvalue weighted by atomic mass is 127. The van der Waals surface area contributed by atoms with Gasteiger partial charge in [-0.2, -0.15) is 15.1 Å². The summed E-state index contributed by atoms with van der Waals surface area (Å²) < 4.78 is 73.0. The van der Waals surface area contributed by atoms with E-state index in [-0.39, 0.29) is 34.3 Å². The molecule has 5 N–H and O–H groups in total. The summed E-state index contributed by atoms with van der Waals surface area (Å²) in [7, 11) is -3.23. The number of aromatic nitrogens is 4. The van der Waals surface area contributed by atoms with Crippen molar-refractivity contribution in [3.63, 3.8) is 0 Å². The zero-order valence-electron chi connectivity index (χ0n) is 28.8. The molecule has 6 rings (SSSR count). The minimum atomic E-state index is -4.61. The van der Waals surface area contributed by atoms with E-state index in [1.807, 2.05) is 40.8 Å². The Morgan fingerprint density at radius 2 is 1.89 bits per heavy atom. The number of rotatable bonds is 13. The Bertz CT molecular complexity index is 2200. The number of esters is 1. The molecule has 1 aliphatic heterocycles. The van der Waals surface area contributed by atoms with E-state index < -0.39 is 74.6 Å². The minimum absolute atomic E-state index is 0.0735. The van der Waals surface area contributed by atoms with Gasteiger partial charge in [-0.1, -0.05) is 50.2 Å². The molecule has 0 spiro atoms. The van der Waals surface area contributed by atoms with Crippen LogP contribution in [0, 0.1) is 21.4 Å². The van der Waals surface area contributed by atoms with Gasteiger partial charge in [-0.3, -0.25) is 13.9 Å². The number of nitrogens with one attached hydrogen (secondary N) is 1. The summed E-state index contributed by atoms with van der Waals surface area (Å²) in [5, 5.41) is 27.0. The first-order valence-corrected chi connectivity index (χ1v) is 18.8. The Labute approximate surface area is 315 Å². The monoisotopic (exact) mass is 868 g/mol. The molecule has 3 aromatic carbocycles. The van der Waals surface area contributed by atoms with Crippen molar-refractivity contribution in [1.29, 1.82) is 0 Å². The number of nitrogens with zero attached hydrogens (tertiary/aromatic N) is 4. The minimum Gasteiger partial charge on any atom is -0.479 e. The van der Waals surface area contributed by atoms with E-state index in [0.29, 0.717) is 15.3 Å². The van der Waals surface area contributed by atoms with E-state index in [9.17, 15) is 28.4 Å². The molecule has 6 atom stereocenters. The molecule has 1 fully saturated rings. The lowest BCUT2D eigenvalue weighted by Crippen LogP contribution is -2.45. The molecule has 0 bridgehead atoms. The van der Waals surface area contributed by atoms with Crippen LogP contribution in [-0.2, 0) is 30.0 Å². The Morgan fingerprint density at radius 3 is 2.60 bits per heavy atom. The fourth-order valence-corrected chi connectivity index (χ4v) is 8.24. The number of aliphatic hydroxyl groups is 2. The third kappa shape index (κ3) is 7.94. The lowest BCUT2D eigenvalue weighted by molar-refractivity contribution is -0.148. The molecule has 1 aliphatic rings. The number of hydrogen-bond donors (Lipinski definition) is 4. The van der Waals surface area contributed by atoms with Crippen molar-refractivity contribution in [1.82, 2.24) is 24.6 Å². The van der Waals surface area contributed by atoms with Crippen molar-refractivity contribution >= 4 is 64.2 Å². The van der Waals surface area contributed by atoms with Gasteiger partial charge in [-0.05, 0) is 36.4 Å². The molecular formula is C34H36F2IN6O9P. The Morgan fingerprint density at radius 1 is 1.15 bits per heavy atom. The summed E-state index contributed by atoms with van der Waals surface area (Å²) in [6, 6.07) is 13.7. The summed E-state index contributed by atoms with van der Waals surface area (Å²) in [5.74, 6) is -3.10. The number of nitrogen functional groups attached to an aromatic ring is 1. The first-order valence-electron chi connectivity index (χ1n) is 16.2. The van der Waals surface area contributed by atoms with Crippen LogP contribution in [0.3, 0.4) is 0 Å². The zero-order valence-corrected chi connectivity index (χ0v) is 31.8. The largest absolute Gasteiger partial charge is 0.479 e. The standard InChI is InChI=1S/C34H36F2IN6O9P/c1-17(2)25(30(45)49-15-19-12-13-20(35)14-22(19)36)42-53(47,52-23-11-7-9-18-8-5-6-10-21(18)23)50-16-24-27(44)34(3,46)31(51-24)43-28-26(39-32(43)37)29(48-4)41-33(38)40-28/h5-14,17,24-25,27,31,44,46H,15-16H2,1-4H3,(H,42,47)(H2,38,40,41)/t24?,25-,27+,31+,34+,53?/m0/s1. The van der Waals surface area contributed by atoms with Crippen molar-refractivity contribution in [3.05, 3.63) is 81.7 Å².